The van der Waals surface area contributed by atoms with Crippen LogP contribution in [0.2, 0.25) is 0 Å². The molecule has 3 aromatic rings. The number of aryl methyl sites for hydroxylation is 2. The van der Waals surface area contributed by atoms with Crippen LogP contribution in [0.5, 0.6) is 0 Å². The van der Waals surface area contributed by atoms with Crippen LogP contribution in [-0.4, -0.2) is 15.3 Å². The molecule has 1 amide bonds. The van der Waals surface area contributed by atoms with Gasteiger partial charge in [0.2, 0.25) is 5.91 Å². The molecule has 3 rings (SSSR count). The van der Waals surface area contributed by atoms with Crippen molar-refractivity contribution in [1.82, 2.24) is 14.7 Å². The molecule has 0 spiro atoms. The summed E-state index contributed by atoms with van der Waals surface area (Å²) >= 11 is 0. The van der Waals surface area contributed by atoms with Crippen LogP contribution >= 0.6 is 0 Å². The Morgan fingerprint density at radius 2 is 1.96 bits per heavy atom. The lowest BCUT2D eigenvalue weighted by atomic mass is 10.1. The van der Waals surface area contributed by atoms with Crippen molar-refractivity contribution >= 4 is 17.6 Å². The number of amides is 1. The number of aromatic nitrogens is 2. The van der Waals surface area contributed by atoms with Gasteiger partial charge in [-0.25, -0.2) is 4.98 Å². The van der Waals surface area contributed by atoms with Gasteiger partial charge in [0.25, 0.3) is 0 Å². The minimum atomic E-state index is -0.126. The third-order valence-electron chi connectivity index (χ3n) is 3.69. The summed E-state index contributed by atoms with van der Waals surface area (Å²) in [7, 11) is 0. The fourth-order valence-corrected chi connectivity index (χ4v) is 2.37. The number of imidazole rings is 1. The summed E-state index contributed by atoms with van der Waals surface area (Å²) < 4.78 is 2.02. The van der Waals surface area contributed by atoms with Crippen LogP contribution in [0, 0.1) is 13.8 Å². The molecule has 4 nitrogen and oxygen atoms in total. The van der Waals surface area contributed by atoms with E-state index in [9.17, 15) is 4.79 Å². The average molecular weight is 305 g/mol. The minimum Gasteiger partial charge on any atom is -0.347 e. The molecule has 1 aromatic carbocycles. The molecule has 4 heteroatoms. The lowest BCUT2D eigenvalue weighted by Crippen LogP contribution is -2.20. The molecule has 0 radical (unpaired) electrons. The lowest BCUT2D eigenvalue weighted by Gasteiger charge is -1.99. The second-order valence-corrected chi connectivity index (χ2v) is 5.59. The Kier molecular flexibility index (Phi) is 4.24. The van der Waals surface area contributed by atoms with E-state index in [2.05, 4.69) is 10.3 Å². The van der Waals surface area contributed by atoms with Gasteiger partial charge in [-0.3, -0.25) is 4.79 Å². The van der Waals surface area contributed by atoms with E-state index >= 15 is 0 Å². The van der Waals surface area contributed by atoms with Crippen LogP contribution in [0.1, 0.15) is 22.5 Å². The maximum Gasteiger partial charge on any atom is 0.244 e. The number of carbonyl (C=O) groups is 1. The van der Waals surface area contributed by atoms with Crippen molar-refractivity contribution in [1.29, 1.82) is 0 Å². The first-order valence-corrected chi connectivity index (χ1v) is 7.58. The molecule has 0 saturated carbocycles. The summed E-state index contributed by atoms with van der Waals surface area (Å²) in [5.41, 5.74) is 5.07. The van der Waals surface area contributed by atoms with Crippen molar-refractivity contribution in [3.63, 3.8) is 0 Å². The Labute approximate surface area is 135 Å². The molecule has 0 atom stereocenters. The van der Waals surface area contributed by atoms with E-state index in [1.165, 1.54) is 5.56 Å². The quantitative estimate of drug-likeness (QED) is 0.752. The molecule has 23 heavy (non-hydrogen) atoms. The number of nitrogens with one attached hydrogen (secondary N) is 1. The van der Waals surface area contributed by atoms with Crippen molar-refractivity contribution < 1.29 is 4.79 Å². The predicted molar refractivity (Wildman–Crippen MR) is 92.0 cm³/mol. The molecule has 0 bridgehead atoms. The third kappa shape index (κ3) is 3.66. The summed E-state index contributed by atoms with van der Waals surface area (Å²) in [4.78, 5) is 16.4. The highest BCUT2D eigenvalue weighted by molar-refractivity contribution is 5.91. The van der Waals surface area contributed by atoms with Gasteiger partial charge in [-0.05, 0) is 37.6 Å². The van der Waals surface area contributed by atoms with E-state index < -0.39 is 0 Å². The third-order valence-corrected chi connectivity index (χ3v) is 3.69. The summed E-state index contributed by atoms with van der Waals surface area (Å²) in [6.07, 6.45) is 5.31. The van der Waals surface area contributed by atoms with Gasteiger partial charge in [-0.2, -0.15) is 0 Å². The highest BCUT2D eigenvalue weighted by Crippen LogP contribution is 2.08. The molecule has 2 aromatic heterocycles. The van der Waals surface area contributed by atoms with E-state index in [1.807, 2.05) is 73.0 Å². The fourth-order valence-electron chi connectivity index (χ4n) is 2.37. The Hall–Kier alpha value is -2.88. The molecule has 0 aliphatic heterocycles. The summed E-state index contributed by atoms with van der Waals surface area (Å²) in [5, 5.41) is 2.86. The first kappa shape index (κ1) is 15.0. The number of benzene rings is 1. The normalized spacial score (nSPS) is 11.2. The topological polar surface area (TPSA) is 46.4 Å². The molecule has 0 aliphatic carbocycles. The molecule has 2 heterocycles. The van der Waals surface area contributed by atoms with Crippen LogP contribution in [0.25, 0.3) is 11.7 Å². The maximum atomic E-state index is 11.9. The Balaban J connectivity index is 1.61. The zero-order valence-corrected chi connectivity index (χ0v) is 13.3. The zero-order valence-electron chi connectivity index (χ0n) is 13.3. The van der Waals surface area contributed by atoms with E-state index in [-0.39, 0.29) is 5.91 Å². The van der Waals surface area contributed by atoms with Crippen molar-refractivity contribution in [2.45, 2.75) is 20.4 Å². The number of nitrogens with zero attached hydrogens (tertiary/aromatic N) is 2. The van der Waals surface area contributed by atoms with Gasteiger partial charge in [-0.1, -0.05) is 35.9 Å². The smallest absolute Gasteiger partial charge is 0.244 e. The first-order chi connectivity index (χ1) is 11.1. The van der Waals surface area contributed by atoms with Gasteiger partial charge in [0.05, 0.1) is 12.2 Å². The summed E-state index contributed by atoms with van der Waals surface area (Å²) in [6, 6.07) is 14.0. The van der Waals surface area contributed by atoms with Gasteiger partial charge in [0, 0.05) is 18.0 Å². The largest absolute Gasteiger partial charge is 0.347 e. The monoisotopic (exact) mass is 305 g/mol. The molecule has 116 valence electrons. The number of fused-ring (bicyclic) bond motifs is 1. The molecular weight excluding hydrogens is 286 g/mol. The van der Waals surface area contributed by atoms with E-state index in [1.54, 1.807) is 6.08 Å². The molecule has 0 aliphatic rings. The van der Waals surface area contributed by atoms with E-state index in [0.717, 1.165) is 22.6 Å². The van der Waals surface area contributed by atoms with Crippen LogP contribution < -0.4 is 5.32 Å². The van der Waals surface area contributed by atoms with Crippen LogP contribution in [0.4, 0.5) is 0 Å². The van der Waals surface area contributed by atoms with Gasteiger partial charge in [-0.15, -0.1) is 0 Å². The van der Waals surface area contributed by atoms with Gasteiger partial charge < -0.3 is 9.72 Å². The zero-order chi connectivity index (χ0) is 16.2. The second-order valence-electron chi connectivity index (χ2n) is 5.59. The number of rotatable bonds is 4. The van der Waals surface area contributed by atoms with Crippen molar-refractivity contribution in [3.05, 3.63) is 77.3 Å². The number of carbonyl (C=O) groups excluding carboxylic acids is 1. The fraction of sp³-hybridized carbons (Fsp3) is 0.158. The first-order valence-electron chi connectivity index (χ1n) is 7.58. The minimum absolute atomic E-state index is 0.126. The van der Waals surface area contributed by atoms with Gasteiger partial charge >= 0.3 is 0 Å². The summed E-state index contributed by atoms with van der Waals surface area (Å²) in [6.45, 7) is 4.48. The maximum absolute atomic E-state index is 11.9. The molecule has 0 fully saturated rings. The van der Waals surface area contributed by atoms with Gasteiger partial charge in [0.15, 0.2) is 0 Å². The molecule has 0 saturated heterocycles. The molecule has 1 N–H and O–H groups in total. The van der Waals surface area contributed by atoms with E-state index in [0.29, 0.717) is 6.54 Å². The summed E-state index contributed by atoms with van der Waals surface area (Å²) in [5.74, 6) is -0.126. The van der Waals surface area contributed by atoms with E-state index in [4.69, 9.17) is 0 Å². The van der Waals surface area contributed by atoms with Crippen molar-refractivity contribution in [2.24, 2.45) is 0 Å². The SMILES string of the molecule is Cc1ccc(/C=C/C(=O)NCc2cn3c(C)cccc3n2)cc1. The van der Waals surface area contributed by atoms with Crippen molar-refractivity contribution in [2.75, 3.05) is 0 Å². The average Bonchev–Trinajstić information content (AvgIpc) is 2.97. The predicted octanol–water partition coefficient (Wildman–Crippen LogP) is 3.28. The van der Waals surface area contributed by atoms with Crippen molar-refractivity contribution in [3.8, 4) is 0 Å². The Morgan fingerprint density at radius 3 is 2.70 bits per heavy atom. The Bertz CT molecular complexity index is 860. The standard InChI is InChI=1S/C19H19N3O/c1-14-6-8-16(9-7-14)10-11-19(23)20-12-17-13-22-15(2)4-3-5-18(22)21-17/h3-11,13H,12H2,1-2H3,(H,20,23)/b11-10+. The molecular formula is C19H19N3O. The van der Waals surface area contributed by atoms with Crippen LogP contribution in [-0.2, 0) is 11.3 Å². The Morgan fingerprint density at radius 1 is 1.17 bits per heavy atom. The number of hydrogen-bond donors (Lipinski definition) is 1. The highest BCUT2D eigenvalue weighted by Gasteiger charge is 2.04. The van der Waals surface area contributed by atoms with Gasteiger partial charge in [0.1, 0.15) is 5.65 Å². The number of pyridine rings is 1. The van der Waals surface area contributed by atoms with Crippen LogP contribution in [0.3, 0.4) is 0 Å². The number of hydrogen-bond acceptors (Lipinski definition) is 2. The van der Waals surface area contributed by atoms with Crippen LogP contribution in [0.15, 0.2) is 54.7 Å². The lowest BCUT2D eigenvalue weighted by molar-refractivity contribution is -0.116. The second kappa shape index (κ2) is 6.48. The highest BCUT2D eigenvalue weighted by atomic mass is 16.1. The molecule has 0 unspecified atom stereocenters.